The van der Waals surface area contributed by atoms with Gasteiger partial charge < -0.3 is 14.6 Å². The molecule has 0 radical (unpaired) electrons. The number of rotatable bonds is 3. The molecule has 0 amide bonds. The highest BCUT2D eigenvalue weighted by Gasteiger charge is 2.26. The van der Waals surface area contributed by atoms with Crippen LogP contribution in [0.2, 0.25) is 0 Å². The van der Waals surface area contributed by atoms with Gasteiger partial charge in [0.05, 0.1) is 0 Å². The molecule has 0 saturated carbocycles. The fourth-order valence-electron chi connectivity index (χ4n) is 2.23. The molecular weight excluding hydrogens is 262 g/mol. The molecule has 0 atom stereocenters. The number of benzene rings is 1. The quantitative estimate of drug-likeness (QED) is 0.893. The SMILES string of the molecule is Cc1cc(C)c(-c2nc(C(=O)O)c(C(=O)O)o2)c(C)c1. The summed E-state index contributed by atoms with van der Waals surface area (Å²) >= 11 is 0. The van der Waals surface area contributed by atoms with Gasteiger partial charge in [0, 0.05) is 5.56 Å². The van der Waals surface area contributed by atoms with E-state index in [0.29, 0.717) is 5.56 Å². The van der Waals surface area contributed by atoms with Crippen molar-refractivity contribution >= 4 is 11.9 Å². The number of hydrogen-bond donors (Lipinski definition) is 2. The summed E-state index contributed by atoms with van der Waals surface area (Å²) in [5, 5.41) is 17.9. The lowest BCUT2D eigenvalue weighted by molar-refractivity contribution is 0.0624. The Hall–Kier alpha value is -2.63. The molecule has 6 heteroatoms. The van der Waals surface area contributed by atoms with Gasteiger partial charge in [-0.05, 0) is 31.9 Å². The molecule has 1 heterocycles. The summed E-state index contributed by atoms with van der Waals surface area (Å²) in [6.07, 6.45) is 0. The monoisotopic (exact) mass is 275 g/mol. The fourth-order valence-corrected chi connectivity index (χ4v) is 2.23. The molecule has 104 valence electrons. The van der Waals surface area contributed by atoms with Crippen molar-refractivity contribution in [1.82, 2.24) is 4.98 Å². The third-order valence-corrected chi connectivity index (χ3v) is 2.91. The summed E-state index contributed by atoms with van der Waals surface area (Å²) in [5.74, 6) is -3.54. The first-order valence-corrected chi connectivity index (χ1v) is 5.87. The van der Waals surface area contributed by atoms with Crippen LogP contribution in [0.25, 0.3) is 11.5 Å². The lowest BCUT2D eigenvalue weighted by Gasteiger charge is -2.07. The maximum atomic E-state index is 11.0. The van der Waals surface area contributed by atoms with E-state index in [1.165, 1.54) is 0 Å². The summed E-state index contributed by atoms with van der Waals surface area (Å²) < 4.78 is 5.13. The van der Waals surface area contributed by atoms with Crippen LogP contribution in [0.3, 0.4) is 0 Å². The number of carboxylic acid groups (broad SMARTS) is 2. The molecule has 2 rings (SSSR count). The summed E-state index contributed by atoms with van der Waals surface area (Å²) in [6.45, 7) is 5.60. The summed E-state index contributed by atoms with van der Waals surface area (Å²) in [4.78, 5) is 25.8. The standard InChI is InChI=1S/C14H13NO5/c1-6-4-7(2)9(8(3)5-6)12-15-10(13(16)17)11(20-12)14(18)19/h4-5H,1-3H3,(H,16,17)(H,18,19). The molecular formula is C14H13NO5. The largest absolute Gasteiger partial charge is 0.476 e. The molecule has 0 saturated heterocycles. The predicted molar refractivity (Wildman–Crippen MR) is 70.1 cm³/mol. The van der Waals surface area contributed by atoms with Crippen LogP contribution in [0.1, 0.15) is 37.7 Å². The maximum Gasteiger partial charge on any atom is 0.374 e. The Bertz CT molecular complexity index is 660. The van der Waals surface area contributed by atoms with Gasteiger partial charge in [-0.25, -0.2) is 14.6 Å². The lowest BCUT2D eigenvalue weighted by Crippen LogP contribution is -2.05. The molecule has 2 N–H and O–H groups in total. The first-order valence-electron chi connectivity index (χ1n) is 5.87. The molecule has 2 aromatic rings. The molecule has 0 fully saturated rings. The van der Waals surface area contributed by atoms with E-state index in [2.05, 4.69) is 4.98 Å². The Labute approximate surface area is 114 Å². The average Bonchev–Trinajstić information content (AvgIpc) is 2.72. The maximum absolute atomic E-state index is 11.0. The molecule has 0 unspecified atom stereocenters. The van der Waals surface area contributed by atoms with E-state index in [9.17, 15) is 9.59 Å². The molecule has 0 aliphatic rings. The number of aryl methyl sites for hydroxylation is 3. The first-order chi connectivity index (χ1) is 9.31. The van der Waals surface area contributed by atoms with Gasteiger partial charge in [0.25, 0.3) is 0 Å². The van der Waals surface area contributed by atoms with Crippen LogP contribution < -0.4 is 0 Å². The smallest absolute Gasteiger partial charge is 0.374 e. The predicted octanol–water partition coefficient (Wildman–Crippen LogP) is 2.66. The van der Waals surface area contributed by atoms with Crippen LogP contribution >= 0.6 is 0 Å². The van der Waals surface area contributed by atoms with Gasteiger partial charge >= 0.3 is 11.9 Å². The Morgan fingerprint density at radius 1 is 1.05 bits per heavy atom. The summed E-state index contributed by atoms with van der Waals surface area (Å²) in [6, 6.07) is 3.79. The topological polar surface area (TPSA) is 101 Å². The van der Waals surface area contributed by atoms with Crippen LogP contribution in [-0.2, 0) is 0 Å². The van der Waals surface area contributed by atoms with E-state index in [1.807, 2.05) is 32.9 Å². The zero-order valence-corrected chi connectivity index (χ0v) is 11.2. The van der Waals surface area contributed by atoms with E-state index < -0.39 is 23.4 Å². The van der Waals surface area contributed by atoms with E-state index >= 15 is 0 Å². The van der Waals surface area contributed by atoms with Gasteiger partial charge in [-0.1, -0.05) is 17.7 Å². The van der Waals surface area contributed by atoms with Crippen molar-refractivity contribution in [3.63, 3.8) is 0 Å². The summed E-state index contributed by atoms with van der Waals surface area (Å²) in [5.41, 5.74) is 2.76. The molecule has 20 heavy (non-hydrogen) atoms. The molecule has 0 aliphatic carbocycles. The van der Waals surface area contributed by atoms with Crippen LogP contribution in [0.5, 0.6) is 0 Å². The second-order valence-corrected chi connectivity index (χ2v) is 4.58. The molecule has 6 nitrogen and oxygen atoms in total. The zero-order chi connectivity index (χ0) is 15.0. The van der Waals surface area contributed by atoms with Crippen LogP contribution in [0.4, 0.5) is 0 Å². The number of aromatic nitrogens is 1. The molecule has 0 aliphatic heterocycles. The Morgan fingerprint density at radius 2 is 1.60 bits per heavy atom. The minimum Gasteiger partial charge on any atom is -0.476 e. The van der Waals surface area contributed by atoms with Gasteiger partial charge in [0.1, 0.15) is 0 Å². The third kappa shape index (κ3) is 2.27. The van der Waals surface area contributed by atoms with Gasteiger partial charge in [-0.3, -0.25) is 0 Å². The second kappa shape index (κ2) is 4.80. The van der Waals surface area contributed by atoms with Crippen molar-refractivity contribution in [2.75, 3.05) is 0 Å². The number of carboxylic acids is 2. The van der Waals surface area contributed by atoms with Gasteiger partial charge in [0.15, 0.2) is 0 Å². The van der Waals surface area contributed by atoms with Crippen molar-refractivity contribution in [2.45, 2.75) is 20.8 Å². The van der Waals surface area contributed by atoms with E-state index in [4.69, 9.17) is 14.6 Å². The molecule has 1 aromatic carbocycles. The van der Waals surface area contributed by atoms with Crippen molar-refractivity contribution in [3.05, 3.63) is 40.3 Å². The number of nitrogens with zero attached hydrogens (tertiary/aromatic N) is 1. The normalized spacial score (nSPS) is 10.6. The minimum atomic E-state index is -1.46. The third-order valence-electron chi connectivity index (χ3n) is 2.91. The van der Waals surface area contributed by atoms with Gasteiger partial charge in [0.2, 0.25) is 17.3 Å². The van der Waals surface area contributed by atoms with Crippen LogP contribution in [0, 0.1) is 20.8 Å². The zero-order valence-electron chi connectivity index (χ0n) is 11.2. The van der Waals surface area contributed by atoms with Crippen molar-refractivity contribution < 1.29 is 24.2 Å². The molecule has 0 bridgehead atoms. The Morgan fingerprint density at radius 3 is 2.00 bits per heavy atom. The Kier molecular flexibility index (Phi) is 3.31. The number of hydrogen-bond acceptors (Lipinski definition) is 4. The van der Waals surface area contributed by atoms with Crippen molar-refractivity contribution in [3.8, 4) is 11.5 Å². The first kappa shape index (κ1) is 13.8. The van der Waals surface area contributed by atoms with Gasteiger partial charge in [-0.15, -0.1) is 0 Å². The lowest BCUT2D eigenvalue weighted by atomic mass is 10.00. The van der Waals surface area contributed by atoms with E-state index in [-0.39, 0.29) is 5.89 Å². The van der Waals surface area contributed by atoms with Crippen LogP contribution in [-0.4, -0.2) is 27.1 Å². The van der Waals surface area contributed by atoms with Crippen molar-refractivity contribution in [2.24, 2.45) is 0 Å². The number of carbonyl (C=O) groups is 2. The van der Waals surface area contributed by atoms with E-state index in [0.717, 1.165) is 16.7 Å². The Balaban J connectivity index is 2.69. The highest BCUT2D eigenvalue weighted by molar-refractivity contribution is 5.98. The second-order valence-electron chi connectivity index (χ2n) is 4.58. The summed E-state index contributed by atoms with van der Waals surface area (Å²) in [7, 11) is 0. The minimum absolute atomic E-state index is 0.00907. The highest BCUT2D eigenvalue weighted by Crippen LogP contribution is 2.29. The number of aromatic carboxylic acids is 2. The molecule has 0 spiro atoms. The average molecular weight is 275 g/mol. The fraction of sp³-hybridized carbons (Fsp3) is 0.214. The van der Waals surface area contributed by atoms with E-state index in [1.54, 1.807) is 0 Å². The van der Waals surface area contributed by atoms with Gasteiger partial charge in [-0.2, -0.15) is 0 Å². The molecule has 1 aromatic heterocycles. The highest BCUT2D eigenvalue weighted by atomic mass is 16.4. The number of oxazole rings is 1. The van der Waals surface area contributed by atoms with Crippen LogP contribution in [0.15, 0.2) is 16.5 Å². The van der Waals surface area contributed by atoms with Crippen molar-refractivity contribution in [1.29, 1.82) is 0 Å².